The first kappa shape index (κ1) is 20.2. The third kappa shape index (κ3) is 5.43. The molecule has 1 aromatic heterocycles. The second kappa shape index (κ2) is 10.1. The Kier molecular flexibility index (Phi) is 8.18. The molecule has 2 heterocycles. The van der Waals surface area contributed by atoms with Crippen LogP contribution in [0.3, 0.4) is 0 Å². The third-order valence-electron chi connectivity index (χ3n) is 5.44. The van der Waals surface area contributed by atoms with Gasteiger partial charge in [-0.15, -0.1) is 24.0 Å². The third-order valence-corrected chi connectivity index (χ3v) is 5.44. The average molecular weight is 458 g/mol. The van der Waals surface area contributed by atoms with Crippen LogP contribution in [0.5, 0.6) is 0 Å². The minimum absolute atomic E-state index is 0. The summed E-state index contributed by atoms with van der Waals surface area (Å²) in [6.07, 6.45) is 9.12. The van der Waals surface area contributed by atoms with Crippen molar-refractivity contribution in [2.75, 3.05) is 44.7 Å². The highest BCUT2D eigenvalue weighted by Gasteiger charge is 2.24. The Labute approximate surface area is 168 Å². The van der Waals surface area contributed by atoms with Crippen molar-refractivity contribution < 1.29 is 0 Å². The summed E-state index contributed by atoms with van der Waals surface area (Å²) < 4.78 is 0. The number of guanidine groups is 1. The van der Waals surface area contributed by atoms with Gasteiger partial charge in [0.05, 0.1) is 0 Å². The zero-order chi connectivity index (χ0) is 16.8. The number of nitrogens with zero attached hydrogens (tertiary/aromatic N) is 5. The van der Waals surface area contributed by atoms with Crippen LogP contribution < -0.4 is 10.2 Å². The molecule has 0 bridgehead atoms. The van der Waals surface area contributed by atoms with E-state index in [-0.39, 0.29) is 24.0 Å². The maximum absolute atomic E-state index is 4.50. The van der Waals surface area contributed by atoms with Gasteiger partial charge in [0.15, 0.2) is 5.96 Å². The molecule has 7 heteroatoms. The lowest BCUT2D eigenvalue weighted by molar-refractivity contribution is 0.252. The molecule has 2 unspecified atom stereocenters. The van der Waals surface area contributed by atoms with Gasteiger partial charge >= 0.3 is 0 Å². The summed E-state index contributed by atoms with van der Waals surface area (Å²) in [4.78, 5) is 17.8. The SMILES string of the molecule is CN=C(NCC1CCCCC1C)N1CCN(c2ncccn2)CC1.I. The fourth-order valence-electron chi connectivity index (χ4n) is 3.82. The van der Waals surface area contributed by atoms with Crippen LogP contribution >= 0.6 is 24.0 Å². The lowest BCUT2D eigenvalue weighted by Gasteiger charge is -2.37. The summed E-state index contributed by atoms with van der Waals surface area (Å²) in [5, 5.41) is 3.62. The van der Waals surface area contributed by atoms with E-state index in [2.05, 4.69) is 37.0 Å². The summed E-state index contributed by atoms with van der Waals surface area (Å²) in [6.45, 7) is 7.23. The quantitative estimate of drug-likeness (QED) is 0.429. The lowest BCUT2D eigenvalue weighted by atomic mass is 9.80. The van der Waals surface area contributed by atoms with Gasteiger partial charge in [0.2, 0.25) is 5.95 Å². The highest BCUT2D eigenvalue weighted by molar-refractivity contribution is 14.0. The van der Waals surface area contributed by atoms with Gasteiger partial charge in [0.25, 0.3) is 0 Å². The Morgan fingerprint density at radius 2 is 1.84 bits per heavy atom. The molecule has 3 rings (SSSR count). The molecule has 1 saturated heterocycles. The predicted molar refractivity (Wildman–Crippen MR) is 114 cm³/mol. The largest absolute Gasteiger partial charge is 0.356 e. The van der Waals surface area contributed by atoms with E-state index in [0.29, 0.717) is 0 Å². The number of nitrogens with one attached hydrogen (secondary N) is 1. The van der Waals surface area contributed by atoms with Crippen molar-refractivity contribution in [1.82, 2.24) is 20.2 Å². The first-order valence-corrected chi connectivity index (χ1v) is 9.25. The average Bonchev–Trinajstić information content (AvgIpc) is 2.65. The molecule has 1 N–H and O–H groups in total. The number of anilines is 1. The standard InChI is InChI=1S/C18H30N6.HI/c1-15-6-3-4-7-16(15)14-22-17(19-2)23-10-12-24(13-11-23)18-20-8-5-9-21-18;/h5,8-9,15-16H,3-4,6-7,10-14H2,1-2H3,(H,19,22);1H. The fourth-order valence-corrected chi connectivity index (χ4v) is 3.82. The fraction of sp³-hybridized carbons (Fsp3) is 0.722. The number of hydrogen-bond acceptors (Lipinski definition) is 4. The molecule has 0 aromatic carbocycles. The molecule has 2 atom stereocenters. The summed E-state index contributed by atoms with van der Waals surface area (Å²) in [6, 6.07) is 1.86. The van der Waals surface area contributed by atoms with E-state index >= 15 is 0 Å². The van der Waals surface area contributed by atoms with E-state index in [9.17, 15) is 0 Å². The highest BCUT2D eigenvalue weighted by Crippen LogP contribution is 2.28. The summed E-state index contributed by atoms with van der Waals surface area (Å²) >= 11 is 0. The van der Waals surface area contributed by atoms with Crippen LogP contribution in [0.15, 0.2) is 23.5 Å². The van der Waals surface area contributed by atoms with E-state index in [0.717, 1.165) is 56.5 Å². The molecular formula is C18H31IN6. The lowest BCUT2D eigenvalue weighted by Crippen LogP contribution is -2.53. The zero-order valence-corrected chi connectivity index (χ0v) is 17.7. The molecule has 1 aliphatic carbocycles. The normalized spacial score (nSPS) is 24.6. The molecule has 1 aliphatic heterocycles. The van der Waals surface area contributed by atoms with Crippen LogP contribution in [0.2, 0.25) is 0 Å². The molecule has 0 spiro atoms. The van der Waals surface area contributed by atoms with Crippen molar-refractivity contribution in [3.8, 4) is 0 Å². The summed E-state index contributed by atoms with van der Waals surface area (Å²) in [5.74, 6) is 3.49. The van der Waals surface area contributed by atoms with Crippen molar-refractivity contribution in [2.24, 2.45) is 16.8 Å². The van der Waals surface area contributed by atoms with Crippen molar-refractivity contribution in [3.63, 3.8) is 0 Å². The van der Waals surface area contributed by atoms with Gasteiger partial charge in [0.1, 0.15) is 0 Å². The van der Waals surface area contributed by atoms with Crippen LogP contribution in [0.25, 0.3) is 0 Å². The molecule has 6 nitrogen and oxygen atoms in total. The molecule has 0 radical (unpaired) electrons. The Bertz CT molecular complexity index is 530. The molecule has 1 saturated carbocycles. The molecule has 25 heavy (non-hydrogen) atoms. The Balaban J connectivity index is 0.00000225. The molecule has 1 aromatic rings. The highest BCUT2D eigenvalue weighted by atomic mass is 127. The number of halogens is 1. The summed E-state index contributed by atoms with van der Waals surface area (Å²) in [5.41, 5.74) is 0. The number of aliphatic imine (C=N–C) groups is 1. The molecule has 2 aliphatic rings. The van der Waals surface area contributed by atoms with Crippen molar-refractivity contribution >= 4 is 35.9 Å². The summed E-state index contributed by atoms with van der Waals surface area (Å²) in [7, 11) is 1.89. The van der Waals surface area contributed by atoms with Gasteiger partial charge in [-0.05, 0) is 24.3 Å². The van der Waals surface area contributed by atoms with E-state index < -0.39 is 0 Å². The van der Waals surface area contributed by atoms with Crippen LogP contribution in [-0.2, 0) is 0 Å². The van der Waals surface area contributed by atoms with Crippen LogP contribution in [-0.4, -0.2) is 60.6 Å². The molecular weight excluding hydrogens is 427 g/mol. The smallest absolute Gasteiger partial charge is 0.225 e. The van der Waals surface area contributed by atoms with Crippen molar-refractivity contribution in [2.45, 2.75) is 32.6 Å². The number of rotatable bonds is 3. The van der Waals surface area contributed by atoms with Crippen molar-refractivity contribution in [3.05, 3.63) is 18.5 Å². The first-order valence-electron chi connectivity index (χ1n) is 9.25. The van der Waals surface area contributed by atoms with E-state index in [1.165, 1.54) is 25.7 Å². The molecule has 0 amide bonds. The topological polar surface area (TPSA) is 56.7 Å². The Morgan fingerprint density at radius 3 is 2.48 bits per heavy atom. The minimum atomic E-state index is 0. The number of hydrogen-bond donors (Lipinski definition) is 1. The van der Waals surface area contributed by atoms with Crippen LogP contribution in [0.4, 0.5) is 5.95 Å². The maximum Gasteiger partial charge on any atom is 0.225 e. The van der Waals surface area contributed by atoms with Gasteiger partial charge in [-0.1, -0.05) is 26.2 Å². The number of piperazine rings is 1. The predicted octanol–water partition coefficient (Wildman–Crippen LogP) is 2.62. The first-order chi connectivity index (χ1) is 11.8. The second-order valence-electron chi connectivity index (χ2n) is 6.97. The molecule has 140 valence electrons. The van der Waals surface area contributed by atoms with E-state index in [1.54, 1.807) is 12.4 Å². The number of aromatic nitrogens is 2. The van der Waals surface area contributed by atoms with Gasteiger partial charge in [-0.2, -0.15) is 0 Å². The Hall–Kier alpha value is -1.12. The monoisotopic (exact) mass is 458 g/mol. The van der Waals surface area contributed by atoms with Crippen LogP contribution in [0.1, 0.15) is 32.6 Å². The van der Waals surface area contributed by atoms with Gasteiger partial charge in [0, 0.05) is 52.2 Å². The Morgan fingerprint density at radius 1 is 1.16 bits per heavy atom. The van der Waals surface area contributed by atoms with E-state index in [4.69, 9.17) is 0 Å². The minimum Gasteiger partial charge on any atom is -0.356 e. The van der Waals surface area contributed by atoms with Crippen LogP contribution in [0, 0.1) is 11.8 Å². The van der Waals surface area contributed by atoms with E-state index in [1.807, 2.05) is 13.1 Å². The molecule has 2 fully saturated rings. The van der Waals surface area contributed by atoms with Crippen molar-refractivity contribution in [1.29, 1.82) is 0 Å². The zero-order valence-electron chi connectivity index (χ0n) is 15.4. The van der Waals surface area contributed by atoms with Gasteiger partial charge in [-0.3, -0.25) is 4.99 Å². The second-order valence-corrected chi connectivity index (χ2v) is 6.97. The van der Waals surface area contributed by atoms with Gasteiger partial charge in [-0.25, -0.2) is 9.97 Å². The van der Waals surface area contributed by atoms with Gasteiger partial charge < -0.3 is 15.1 Å². The maximum atomic E-state index is 4.50.